The first-order valence-electron chi connectivity index (χ1n) is 14.7. The molecule has 4 heteroatoms. The number of carbonyl (C=O) groups is 2. The fourth-order valence-corrected chi connectivity index (χ4v) is 3.41. The first-order chi connectivity index (χ1) is 18.1. The Morgan fingerprint density at radius 1 is 0.867 bits per heavy atom. The number of nitrogens with zero attached hydrogens (tertiary/aromatic N) is 2. The smallest absolute Gasteiger partial charge is 0.149 e. The summed E-state index contributed by atoms with van der Waals surface area (Å²) >= 11 is 0. The van der Waals surface area contributed by atoms with Gasteiger partial charge in [0.1, 0.15) is 11.6 Å². The first kappa shape index (κ1) is 13.2. The van der Waals surface area contributed by atoms with Gasteiger partial charge in [-0.2, -0.15) is 0 Å². The molecule has 4 rings (SSSR count). The second kappa shape index (κ2) is 11.2. The molecule has 0 aliphatic carbocycles. The number of likely N-dealkylation sites (tertiary alicyclic amines) is 2. The summed E-state index contributed by atoms with van der Waals surface area (Å²) in [6, 6.07) is 19.0. The number of carbonyl (C=O) groups excluding carboxylic acids is 2. The second-order valence-electron chi connectivity index (χ2n) is 7.58. The van der Waals surface area contributed by atoms with Crippen LogP contribution in [0.5, 0.6) is 0 Å². The lowest BCUT2D eigenvalue weighted by Crippen LogP contribution is -2.39. The molecule has 2 aromatic rings. The van der Waals surface area contributed by atoms with Crippen LogP contribution in [0.2, 0.25) is 0 Å². The van der Waals surface area contributed by atoms with Gasteiger partial charge >= 0.3 is 0 Å². The standard InChI is InChI=1S/2C13H17NO/c2*1-11-7-8-14(10-13(11)15)9-12-5-3-2-4-6-12/h2*2-6,11H,7-10H2,1H3/i1D3,10D2,11D;1D3. The second-order valence-corrected chi connectivity index (χ2v) is 7.58. The fourth-order valence-electron chi connectivity index (χ4n) is 3.41. The predicted molar refractivity (Wildman–Crippen MR) is 121 cm³/mol. The number of ketones is 2. The molecule has 30 heavy (non-hydrogen) atoms. The number of benzene rings is 2. The van der Waals surface area contributed by atoms with Crippen molar-refractivity contribution in [2.75, 3.05) is 26.1 Å². The summed E-state index contributed by atoms with van der Waals surface area (Å²) in [5.41, 5.74) is 1.98. The molecule has 2 heterocycles. The third kappa shape index (κ3) is 6.89. The molecule has 160 valence electrons. The molecular formula is C26H34N2O2. The third-order valence-electron chi connectivity index (χ3n) is 5.13. The first-order valence-corrected chi connectivity index (χ1v) is 10.2. The molecule has 2 unspecified atom stereocenters. The van der Waals surface area contributed by atoms with E-state index in [1.807, 2.05) is 65.6 Å². The van der Waals surface area contributed by atoms with Crippen molar-refractivity contribution in [3.8, 4) is 0 Å². The molecule has 0 N–H and O–H groups in total. The monoisotopic (exact) mass is 415 g/mol. The maximum atomic E-state index is 12.3. The lowest BCUT2D eigenvalue weighted by molar-refractivity contribution is -0.127. The zero-order chi connectivity index (χ0) is 29.1. The van der Waals surface area contributed by atoms with Crippen molar-refractivity contribution in [3.05, 3.63) is 71.8 Å². The van der Waals surface area contributed by atoms with Crippen LogP contribution < -0.4 is 0 Å². The Kier molecular flexibility index (Phi) is 4.92. The molecular weight excluding hydrogens is 372 g/mol. The highest BCUT2D eigenvalue weighted by Gasteiger charge is 2.23. The molecule has 2 aromatic carbocycles. The van der Waals surface area contributed by atoms with Gasteiger partial charge in [0.05, 0.1) is 15.8 Å². The van der Waals surface area contributed by atoms with Gasteiger partial charge in [0.2, 0.25) is 0 Å². The molecule has 0 radical (unpaired) electrons. The van der Waals surface area contributed by atoms with Gasteiger partial charge in [-0.3, -0.25) is 19.4 Å². The van der Waals surface area contributed by atoms with E-state index in [9.17, 15) is 9.59 Å². The van der Waals surface area contributed by atoms with Crippen LogP contribution in [0, 0.1) is 11.8 Å². The highest BCUT2D eigenvalue weighted by Crippen LogP contribution is 2.16. The van der Waals surface area contributed by atoms with E-state index in [0.29, 0.717) is 19.5 Å². The Labute approximate surface area is 193 Å². The van der Waals surface area contributed by atoms with Crippen molar-refractivity contribution in [2.45, 2.75) is 39.6 Å². The van der Waals surface area contributed by atoms with Crippen molar-refractivity contribution < 1.29 is 21.9 Å². The van der Waals surface area contributed by atoms with Gasteiger partial charge in [0.15, 0.2) is 0 Å². The van der Waals surface area contributed by atoms with Gasteiger partial charge in [-0.1, -0.05) is 74.4 Å². The van der Waals surface area contributed by atoms with Crippen molar-refractivity contribution >= 4 is 11.6 Å². The number of hydrogen-bond donors (Lipinski definition) is 0. The quantitative estimate of drug-likeness (QED) is 0.751. The lowest BCUT2D eigenvalue weighted by atomic mass is 9.97. The largest absolute Gasteiger partial charge is 0.298 e. The minimum atomic E-state index is -2.82. The minimum absolute atomic E-state index is 0.0511. The fraction of sp³-hybridized carbons (Fsp3) is 0.462. The van der Waals surface area contributed by atoms with Crippen LogP contribution >= 0.6 is 0 Å². The van der Waals surface area contributed by atoms with Crippen LogP contribution in [-0.2, 0) is 22.7 Å². The van der Waals surface area contributed by atoms with Crippen molar-refractivity contribution in [2.24, 2.45) is 11.8 Å². The molecule has 0 saturated carbocycles. The number of rotatable bonds is 4. The zero-order valence-electron chi connectivity index (χ0n) is 26.0. The predicted octanol–water partition coefficient (Wildman–Crippen LogP) is 4.20. The lowest BCUT2D eigenvalue weighted by Gasteiger charge is -2.29. The summed E-state index contributed by atoms with van der Waals surface area (Å²) in [4.78, 5) is 27.4. The van der Waals surface area contributed by atoms with Crippen molar-refractivity contribution in [1.82, 2.24) is 9.80 Å². The highest BCUT2D eigenvalue weighted by atomic mass is 16.1. The average molecular weight is 416 g/mol. The summed E-state index contributed by atoms with van der Waals surface area (Å²) in [6.07, 6.45) is 0.233. The number of piperidine rings is 2. The molecule has 2 atom stereocenters. The van der Waals surface area contributed by atoms with Crippen LogP contribution in [0.15, 0.2) is 60.7 Å². The van der Waals surface area contributed by atoms with E-state index in [4.69, 9.17) is 12.3 Å². The molecule has 2 aliphatic rings. The van der Waals surface area contributed by atoms with Gasteiger partial charge in [-0.05, 0) is 37.1 Å². The van der Waals surface area contributed by atoms with Crippen LogP contribution in [0.4, 0.5) is 0 Å². The Morgan fingerprint density at radius 2 is 1.47 bits per heavy atom. The van der Waals surface area contributed by atoms with E-state index in [2.05, 4.69) is 0 Å². The van der Waals surface area contributed by atoms with E-state index < -0.39 is 37.8 Å². The van der Waals surface area contributed by atoms with Gasteiger partial charge in [-0.25, -0.2) is 0 Å². The molecule has 2 aliphatic heterocycles. The Balaban J connectivity index is 0.000000218. The Hall–Kier alpha value is -2.30. The summed E-state index contributed by atoms with van der Waals surface area (Å²) in [6.45, 7) is -5.54. The normalized spacial score (nSPS) is 32.4. The van der Waals surface area contributed by atoms with Crippen LogP contribution in [0.3, 0.4) is 0 Å². The minimum Gasteiger partial charge on any atom is -0.298 e. The third-order valence-corrected chi connectivity index (χ3v) is 5.13. The molecule has 2 saturated heterocycles. The van der Waals surface area contributed by atoms with Gasteiger partial charge in [0, 0.05) is 34.5 Å². The molecule has 2 fully saturated rings. The number of Topliss-reactive ketones (excluding diaryl/α,β-unsaturated/α-hetero) is 2. The van der Waals surface area contributed by atoms with Gasteiger partial charge in [0.25, 0.3) is 0 Å². The van der Waals surface area contributed by atoms with Crippen molar-refractivity contribution in [1.29, 1.82) is 0 Å². The van der Waals surface area contributed by atoms with Gasteiger partial charge < -0.3 is 0 Å². The van der Waals surface area contributed by atoms with E-state index in [1.165, 1.54) is 4.90 Å². The summed E-state index contributed by atoms with van der Waals surface area (Å²) < 4.78 is 67.9. The van der Waals surface area contributed by atoms with E-state index in [0.717, 1.165) is 11.1 Å². The molecule has 4 nitrogen and oxygen atoms in total. The Bertz CT molecular complexity index is 1120. The van der Waals surface area contributed by atoms with E-state index in [1.54, 1.807) is 0 Å². The van der Waals surface area contributed by atoms with Crippen LogP contribution in [0.25, 0.3) is 0 Å². The maximum absolute atomic E-state index is 12.3. The van der Waals surface area contributed by atoms with Crippen LogP contribution in [0.1, 0.15) is 50.0 Å². The highest BCUT2D eigenvalue weighted by molar-refractivity contribution is 5.83. The average Bonchev–Trinajstić information content (AvgIpc) is 2.85. The topological polar surface area (TPSA) is 40.6 Å². The SMILES string of the molecule is [2H]C([2H])([2H])C1CCN(Cc2ccccc2)CC1=O.[2H]C1([2H])C(=O)C([2H])(C([2H])([2H])[2H])CCN1Cc1ccccc1. The molecule has 0 bridgehead atoms. The summed E-state index contributed by atoms with van der Waals surface area (Å²) in [7, 11) is 0. The molecule has 0 spiro atoms. The molecule has 0 amide bonds. The number of hydrogen-bond acceptors (Lipinski definition) is 4. The van der Waals surface area contributed by atoms with Crippen LogP contribution in [-0.4, -0.2) is 47.5 Å². The summed E-state index contributed by atoms with van der Waals surface area (Å²) in [5, 5.41) is 0. The zero-order valence-corrected chi connectivity index (χ0v) is 17.0. The summed E-state index contributed by atoms with van der Waals surface area (Å²) in [5.74, 6) is -4.48. The van der Waals surface area contributed by atoms with Gasteiger partial charge in [-0.15, -0.1) is 0 Å². The Morgan fingerprint density at radius 3 is 2.03 bits per heavy atom. The maximum Gasteiger partial charge on any atom is 0.149 e. The van der Waals surface area contributed by atoms with E-state index in [-0.39, 0.29) is 31.8 Å². The molecule has 0 aromatic heterocycles. The van der Waals surface area contributed by atoms with Crippen molar-refractivity contribution in [3.63, 3.8) is 0 Å². The van der Waals surface area contributed by atoms with E-state index >= 15 is 0 Å².